The first-order valence-corrected chi connectivity index (χ1v) is 6.14. The van der Waals surface area contributed by atoms with Crippen molar-refractivity contribution in [2.45, 2.75) is 13.5 Å². The van der Waals surface area contributed by atoms with E-state index >= 15 is 0 Å². The molecule has 0 unspecified atom stereocenters. The molecule has 0 fully saturated rings. The molecule has 0 spiro atoms. The van der Waals surface area contributed by atoms with Crippen LogP contribution in [-0.2, 0) is 11.3 Å². The second kappa shape index (κ2) is 7.39. The Hall–Kier alpha value is -2.06. The van der Waals surface area contributed by atoms with Crippen molar-refractivity contribution in [3.8, 4) is 11.8 Å². The molecule has 0 saturated carbocycles. The third-order valence-electron chi connectivity index (χ3n) is 2.90. The molecular weight excluding hydrogens is 242 g/mol. The molecule has 5 heteroatoms. The molecule has 102 valence electrons. The quantitative estimate of drug-likeness (QED) is 0.834. The minimum absolute atomic E-state index is 0.0303. The number of ether oxygens (including phenoxy) is 1. The number of carbonyl (C=O) groups is 1. The van der Waals surface area contributed by atoms with Gasteiger partial charge >= 0.3 is 0 Å². The third-order valence-corrected chi connectivity index (χ3v) is 2.90. The van der Waals surface area contributed by atoms with E-state index in [9.17, 15) is 4.79 Å². The zero-order chi connectivity index (χ0) is 14.3. The highest BCUT2D eigenvalue weighted by molar-refractivity contribution is 5.77. The van der Waals surface area contributed by atoms with Gasteiger partial charge in [0.15, 0.2) is 0 Å². The van der Waals surface area contributed by atoms with E-state index < -0.39 is 0 Å². The summed E-state index contributed by atoms with van der Waals surface area (Å²) >= 11 is 0. The van der Waals surface area contributed by atoms with Gasteiger partial charge in [-0.3, -0.25) is 9.69 Å². The lowest BCUT2D eigenvalue weighted by Gasteiger charge is -2.20. The summed E-state index contributed by atoms with van der Waals surface area (Å²) in [7, 11) is 3.22. The lowest BCUT2D eigenvalue weighted by molar-refractivity contribution is -0.121. The van der Waals surface area contributed by atoms with E-state index in [0.717, 1.165) is 17.9 Å². The lowest BCUT2D eigenvalue weighted by Crippen LogP contribution is -2.35. The maximum absolute atomic E-state index is 11.4. The lowest BCUT2D eigenvalue weighted by atomic mass is 10.1. The minimum atomic E-state index is -0.0303. The van der Waals surface area contributed by atoms with Crippen LogP contribution >= 0.6 is 0 Å². The number of likely N-dealkylation sites (N-methyl/N-ethyl adjacent to an activating group) is 2. The zero-order valence-electron chi connectivity index (χ0n) is 11.6. The van der Waals surface area contributed by atoms with Gasteiger partial charge in [-0.1, -0.05) is 6.92 Å². The van der Waals surface area contributed by atoms with Crippen LogP contribution in [0, 0.1) is 11.3 Å². The third kappa shape index (κ3) is 4.27. The molecule has 19 heavy (non-hydrogen) atoms. The summed E-state index contributed by atoms with van der Waals surface area (Å²) in [5, 5.41) is 11.5. The summed E-state index contributed by atoms with van der Waals surface area (Å²) in [5.74, 6) is 0.701. The van der Waals surface area contributed by atoms with Crippen molar-refractivity contribution < 1.29 is 9.53 Å². The Morgan fingerprint density at radius 3 is 2.79 bits per heavy atom. The molecule has 1 aromatic carbocycles. The molecule has 0 radical (unpaired) electrons. The van der Waals surface area contributed by atoms with Crippen molar-refractivity contribution in [1.29, 1.82) is 5.26 Å². The van der Waals surface area contributed by atoms with Crippen molar-refractivity contribution in [3.05, 3.63) is 29.3 Å². The number of hydrogen-bond acceptors (Lipinski definition) is 4. The number of benzene rings is 1. The molecular formula is C14H19N3O2. The summed E-state index contributed by atoms with van der Waals surface area (Å²) in [5.41, 5.74) is 1.50. The van der Waals surface area contributed by atoms with Gasteiger partial charge in [0, 0.05) is 19.2 Å². The van der Waals surface area contributed by atoms with Crippen molar-refractivity contribution in [1.82, 2.24) is 10.2 Å². The Kier molecular flexibility index (Phi) is 5.83. The number of nitrogens with one attached hydrogen (secondary N) is 1. The van der Waals surface area contributed by atoms with Gasteiger partial charge in [-0.2, -0.15) is 5.26 Å². The topological polar surface area (TPSA) is 65.4 Å². The number of nitriles is 1. The van der Waals surface area contributed by atoms with Crippen LogP contribution in [0.1, 0.15) is 18.1 Å². The second-order valence-electron chi connectivity index (χ2n) is 4.11. The van der Waals surface area contributed by atoms with E-state index in [1.165, 1.54) is 0 Å². The molecule has 0 atom stereocenters. The van der Waals surface area contributed by atoms with Gasteiger partial charge in [0.1, 0.15) is 5.75 Å². The average Bonchev–Trinajstić information content (AvgIpc) is 2.45. The molecule has 0 aliphatic rings. The Morgan fingerprint density at radius 2 is 2.26 bits per heavy atom. The molecule has 0 aliphatic heterocycles. The first-order valence-electron chi connectivity index (χ1n) is 6.14. The van der Waals surface area contributed by atoms with Gasteiger partial charge in [-0.05, 0) is 24.7 Å². The number of rotatable bonds is 6. The Balaban J connectivity index is 2.89. The molecule has 1 amide bonds. The van der Waals surface area contributed by atoms with Crippen LogP contribution in [0.15, 0.2) is 18.2 Å². The van der Waals surface area contributed by atoms with Crippen molar-refractivity contribution in [2.24, 2.45) is 0 Å². The number of hydrogen-bond donors (Lipinski definition) is 1. The minimum Gasteiger partial charge on any atom is -0.496 e. The highest BCUT2D eigenvalue weighted by atomic mass is 16.5. The van der Waals surface area contributed by atoms with Crippen LogP contribution < -0.4 is 10.1 Å². The number of nitrogens with zero attached hydrogens (tertiary/aromatic N) is 2. The molecule has 5 nitrogen and oxygen atoms in total. The summed E-state index contributed by atoms with van der Waals surface area (Å²) < 4.78 is 5.28. The molecule has 0 saturated heterocycles. The van der Waals surface area contributed by atoms with Crippen molar-refractivity contribution >= 4 is 5.91 Å². The molecule has 0 aromatic heterocycles. The fourth-order valence-electron chi connectivity index (χ4n) is 1.77. The monoisotopic (exact) mass is 261 g/mol. The van der Waals surface area contributed by atoms with E-state index in [0.29, 0.717) is 18.7 Å². The zero-order valence-corrected chi connectivity index (χ0v) is 11.6. The smallest absolute Gasteiger partial charge is 0.233 e. The van der Waals surface area contributed by atoms with Gasteiger partial charge in [0.25, 0.3) is 0 Å². The fourth-order valence-corrected chi connectivity index (χ4v) is 1.77. The highest BCUT2D eigenvalue weighted by Crippen LogP contribution is 2.21. The normalized spacial score (nSPS) is 10.1. The first kappa shape index (κ1) is 15.0. The van der Waals surface area contributed by atoms with Crippen molar-refractivity contribution in [2.75, 3.05) is 27.2 Å². The van der Waals surface area contributed by atoms with Gasteiger partial charge in [-0.25, -0.2) is 0 Å². The van der Waals surface area contributed by atoms with E-state index in [-0.39, 0.29) is 5.91 Å². The van der Waals surface area contributed by atoms with Gasteiger partial charge in [0.2, 0.25) is 5.91 Å². The molecule has 0 heterocycles. The van der Waals surface area contributed by atoms with Crippen LogP contribution in [0.5, 0.6) is 5.75 Å². The summed E-state index contributed by atoms with van der Waals surface area (Å²) in [4.78, 5) is 13.4. The molecule has 1 aromatic rings. The Morgan fingerprint density at radius 1 is 1.53 bits per heavy atom. The van der Waals surface area contributed by atoms with Crippen LogP contribution in [-0.4, -0.2) is 38.1 Å². The number of amides is 1. The molecule has 1 rings (SSSR count). The predicted octanol–water partition coefficient (Wildman–Crippen LogP) is 1.13. The highest BCUT2D eigenvalue weighted by Gasteiger charge is 2.12. The summed E-state index contributed by atoms with van der Waals surface area (Å²) in [6, 6.07) is 7.40. The van der Waals surface area contributed by atoms with Crippen LogP contribution in [0.3, 0.4) is 0 Å². The van der Waals surface area contributed by atoms with Crippen molar-refractivity contribution in [3.63, 3.8) is 0 Å². The SMILES string of the molecule is CCN(CC(=O)NC)Cc1cc(C#N)ccc1OC. The fraction of sp³-hybridized carbons (Fsp3) is 0.429. The predicted molar refractivity (Wildman–Crippen MR) is 72.7 cm³/mol. The largest absolute Gasteiger partial charge is 0.496 e. The Labute approximate surface area is 113 Å². The number of carbonyl (C=O) groups excluding carboxylic acids is 1. The van der Waals surface area contributed by atoms with Gasteiger partial charge in [0.05, 0.1) is 25.3 Å². The first-order chi connectivity index (χ1) is 9.14. The average molecular weight is 261 g/mol. The summed E-state index contributed by atoms with van der Waals surface area (Å²) in [6.07, 6.45) is 0. The van der Waals surface area contributed by atoms with Gasteiger partial charge < -0.3 is 10.1 Å². The molecule has 1 N–H and O–H groups in total. The number of methoxy groups -OCH3 is 1. The standard InChI is InChI=1S/C14H19N3O2/c1-4-17(10-14(18)16-2)9-12-7-11(8-15)5-6-13(12)19-3/h5-7H,4,9-10H2,1-3H3,(H,16,18). The maximum Gasteiger partial charge on any atom is 0.233 e. The summed E-state index contributed by atoms with van der Waals surface area (Å²) in [6.45, 7) is 3.63. The van der Waals surface area contributed by atoms with Crippen LogP contribution in [0.4, 0.5) is 0 Å². The van der Waals surface area contributed by atoms with E-state index in [1.54, 1.807) is 32.4 Å². The van der Waals surface area contributed by atoms with E-state index in [2.05, 4.69) is 11.4 Å². The van der Waals surface area contributed by atoms with Gasteiger partial charge in [-0.15, -0.1) is 0 Å². The van der Waals surface area contributed by atoms with E-state index in [4.69, 9.17) is 10.00 Å². The maximum atomic E-state index is 11.4. The molecule has 0 bridgehead atoms. The second-order valence-corrected chi connectivity index (χ2v) is 4.11. The molecule has 0 aliphatic carbocycles. The van der Waals surface area contributed by atoms with Crippen LogP contribution in [0.25, 0.3) is 0 Å². The van der Waals surface area contributed by atoms with E-state index in [1.807, 2.05) is 11.8 Å². The van der Waals surface area contributed by atoms with Crippen LogP contribution in [0.2, 0.25) is 0 Å². The Bertz CT molecular complexity index is 480.